The molecule has 0 bridgehead atoms. The first-order chi connectivity index (χ1) is 5.87. The molecule has 0 aromatic carbocycles. The smallest absolute Gasteiger partial charge is 0.264 e. The minimum absolute atomic E-state index is 0.0411. The summed E-state index contributed by atoms with van der Waals surface area (Å²) in [6.45, 7) is 1.39. The highest BCUT2D eigenvalue weighted by Crippen LogP contribution is 1.80. The maximum atomic E-state index is 9.56. The first kappa shape index (κ1) is 15.3. The van der Waals surface area contributed by atoms with Crippen LogP contribution >= 0.6 is 0 Å². The van der Waals surface area contributed by atoms with Crippen molar-refractivity contribution in [1.82, 2.24) is 0 Å². The lowest BCUT2D eigenvalue weighted by Crippen LogP contribution is -2.25. The zero-order chi connectivity index (χ0) is 10.9. The lowest BCUT2D eigenvalue weighted by molar-refractivity contribution is 0.221. The van der Waals surface area contributed by atoms with Gasteiger partial charge in [-0.05, 0) is 13.3 Å². The van der Waals surface area contributed by atoms with Gasteiger partial charge in [-0.3, -0.25) is 4.55 Å². The standard InChI is InChI=1S/C4H11NO2.C2H6O3S/c5-4(3-7)1-2-6;1-2-6(3,4)5/h4,6-7H,1-3,5H2;2H2,1H3,(H,3,4,5). The van der Waals surface area contributed by atoms with E-state index in [1.54, 1.807) is 0 Å². The van der Waals surface area contributed by atoms with E-state index in [4.69, 9.17) is 20.5 Å². The molecule has 0 saturated heterocycles. The summed E-state index contributed by atoms with van der Waals surface area (Å²) >= 11 is 0. The summed E-state index contributed by atoms with van der Waals surface area (Å²) in [5.41, 5.74) is 5.17. The average molecular weight is 215 g/mol. The van der Waals surface area contributed by atoms with Gasteiger partial charge >= 0.3 is 0 Å². The molecule has 0 amide bonds. The van der Waals surface area contributed by atoms with Gasteiger partial charge in [0.1, 0.15) is 0 Å². The molecule has 5 N–H and O–H groups in total. The summed E-state index contributed by atoms with van der Waals surface area (Å²) in [4.78, 5) is 0. The van der Waals surface area contributed by atoms with Crippen molar-refractivity contribution in [1.29, 1.82) is 0 Å². The van der Waals surface area contributed by atoms with Crippen molar-refractivity contribution in [2.45, 2.75) is 19.4 Å². The Kier molecular flexibility index (Phi) is 9.86. The predicted octanol–water partition coefficient (Wildman–Crippen LogP) is -1.42. The highest BCUT2D eigenvalue weighted by atomic mass is 32.2. The van der Waals surface area contributed by atoms with Gasteiger partial charge in [0.25, 0.3) is 10.1 Å². The van der Waals surface area contributed by atoms with Gasteiger partial charge in [0.15, 0.2) is 0 Å². The van der Waals surface area contributed by atoms with Crippen LogP contribution in [-0.2, 0) is 10.1 Å². The highest BCUT2D eigenvalue weighted by molar-refractivity contribution is 7.85. The Labute approximate surface area is 78.1 Å². The van der Waals surface area contributed by atoms with E-state index >= 15 is 0 Å². The molecule has 0 fully saturated rings. The zero-order valence-corrected chi connectivity index (χ0v) is 8.37. The largest absolute Gasteiger partial charge is 0.396 e. The molecule has 0 aromatic heterocycles. The maximum absolute atomic E-state index is 9.56. The van der Waals surface area contributed by atoms with E-state index in [1.165, 1.54) is 6.92 Å². The van der Waals surface area contributed by atoms with Gasteiger partial charge < -0.3 is 15.9 Å². The molecule has 0 heterocycles. The quantitative estimate of drug-likeness (QED) is 0.427. The Balaban J connectivity index is 0. The molecular weight excluding hydrogens is 198 g/mol. The molecule has 7 heteroatoms. The second kappa shape index (κ2) is 8.39. The maximum Gasteiger partial charge on any atom is 0.264 e. The van der Waals surface area contributed by atoms with Crippen LogP contribution in [0.25, 0.3) is 0 Å². The molecule has 0 aliphatic heterocycles. The third-order valence-electron chi connectivity index (χ3n) is 1.10. The molecule has 6 nitrogen and oxygen atoms in total. The Morgan fingerprint density at radius 3 is 1.85 bits per heavy atom. The summed E-state index contributed by atoms with van der Waals surface area (Å²) in [6, 6.07) is -0.245. The first-order valence-electron chi connectivity index (χ1n) is 3.79. The normalized spacial score (nSPS) is 13.0. The van der Waals surface area contributed by atoms with Crippen LogP contribution in [0, 0.1) is 0 Å². The van der Waals surface area contributed by atoms with Gasteiger partial charge in [-0.15, -0.1) is 0 Å². The molecule has 82 valence electrons. The molecule has 0 spiro atoms. The van der Waals surface area contributed by atoms with E-state index in [9.17, 15) is 8.42 Å². The van der Waals surface area contributed by atoms with E-state index in [-0.39, 0.29) is 25.0 Å². The zero-order valence-electron chi connectivity index (χ0n) is 7.55. The SMILES string of the molecule is CCS(=O)(=O)O.NC(CO)CCO. The summed E-state index contributed by atoms with van der Waals surface area (Å²) < 4.78 is 26.9. The van der Waals surface area contributed by atoms with Crippen molar-refractivity contribution in [2.24, 2.45) is 5.73 Å². The van der Waals surface area contributed by atoms with Crippen molar-refractivity contribution in [3.8, 4) is 0 Å². The van der Waals surface area contributed by atoms with Crippen molar-refractivity contribution in [3.05, 3.63) is 0 Å². The van der Waals surface area contributed by atoms with Crippen LogP contribution in [0.1, 0.15) is 13.3 Å². The summed E-state index contributed by atoms with van der Waals surface area (Å²) in [5, 5.41) is 16.4. The third kappa shape index (κ3) is 18.6. The van der Waals surface area contributed by atoms with Gasteiger partial charge in [0.2, 0.25) is 0 Å². The molecular formula is C6H17NO5S. The van der Waals surface area contributed by atoms with Crippen molar-refractivity contribution >= 4 is 10.1 Å². The average Bonchev–Trinajstić information content (AvgIpc) is 2.05. The van der Waals surface area contributed by atoms with Gasteiger partial charge in [-0.2, -0.15) is 8.42 Å². The summed E-state index contributed by atoms with van der Waals surface area (Å²) in [6.07, 6.45) is 0.483. The Morgan fingerprint density at radius 2 is 1.77 bits per heavy atom. The second-order valence-electron chi connectivity index (χ2n) is 2.33. The van der Waals surface area contributed by atoms with Crippen LogP contribution in [0.4, 0.5) is 0 Å². The molecule has 0 aliphatic rings. The lowest BCUT2D eigenvalue weighted by Gasteiger charge is -2.01. The van der Waals surface area contributed by atoms with Crippen LogP contribution in [0.5, 0.6) is 0 Å². The number of rotatable bonds is 4. The Bertz CT molecular complexity index is 191. The molecule has 1 unspecified atom stereocenters. The fourth-order valence-electron chi connectivity index (χ4n) is 0.257. The fourth-order valence-corrected chi connectivity index (χ4v) is 0.257. The van der Waals surface area contributed by atoms with Crippen LogP contribution in [0.3, 0.4) is 0 Å². The number of nitrogens with two attached hydrogens (primary N) is 1. The number of aliphatic hydroxyl groups is 2. The molecule has 13 heavy (non-hydrogen) atoms. The predicted molar refractivity (Wildman–Crippen MR) is 48.9 cm³/mol. The molecule has 0 saturated carbocycles. The minimum atomic E-state index is -3.66. The van der Waals surface area contributed by atoms with E-state index in [2.05, 4.69) is 0 Å². The number of hydrogen-bond acceptors (Lipinski definition) is 5. The number of aliphatic hydroxyl groups excluding tert-OH is 2. The van der Waals surface area contributed by atoms with Crippen molar-refractivity contribution in [2.75, 3.05) is 19.0 Å². The minimum Gasteiger partial charge on any atom is -0.396 e. The fraction of sp³-hybridized carbons (Fsp3) is 1.00. The van der Waals surface area contributed by atoms with Gasteiger partial charge in [0, 0.05) is 12.6 Å². The van der Waals surface area contributed by atoms with Crippen LogP contribution in [0.15, 0.2) is 0 Å². The van der Waals surface area contributed by atoms with Crippen LogP contribution in [0.2, 0.25) is 0 Å². The first-order valence-corrected chi connectivity index (χ1v) is 5.40. The van der Waals surface area contributed by atoms with E-state index in [0.29, 0.717) is 6.42 Å². The molecule has 0 aliphatic carbocycles. The Morgan fingerprint density at radius 1 is 1.38 bits per heavy atom. The third-order valence-corrected chi connectivity index (χ3v) is 1.83. The molecule has 1 atom stereocenters. The van der Waals surface area contributed by atoms with E-state index < -0.39 is 10.1 Å². The number of hydrogen-bond donors (Lipinski definition) is 4. The molecule has 0 rings (SSSR count). The van der Waals surface area contributed by atoms with E-state index in [0.717, 1.165) is 0 Å². The second-order valence-corrected chi connectivity index (χ2v) is 4.07. The molecule has 0 aromatic rings. The lowest BCUT2D eigenvalue weighted by atomic mass is 10.2. The topological polar surface area (TPSA) is 121 Å². The monoisotopic (exact) mass is 215 g/mol. The van der Waals surface area contributed by atoms with Crippen LogP contribution < -0.4 is 5.73 Å². The highest BCUT2D eigenvalue weighted by Gasteiger charge is 1.95. The van der Waals surface area contributed by atoms with E-state index in [1.807, 2.05) is 0 Å². The Hall–Kier alpha value is -0.210. The van der Waals surface area contributed by atoms with Gasteiger partial charge in [-0.1, -0.05) is 0 Å². The summed E-state index contributed by atoms with van der Waals surface area (Å²) in [5.74, 6) is -0.201. The van der Waals surface area contributed by atoms with Gasteiger partial charge in [0.05, 0.1) is 12.4 Å². The van der Waals surface area contributed by atoms with Crippen molar-refractivity contribution in [3.63, 3.8) is 0 Å². The van der Waals surface area contributed by atoms with Crippen molar-refractivity contribution < 1.29 is 23.2 Å². The van der Waals surface area contributed by atoms with Crippen LogP contribution in [-0.4, -0.2) is 48.2 Å². The molecule has 0 radical (unpaired) electrons. The van der Waals surface area contributed by atoms with Gasteiger partial charge in [-0.25, -0.2) is 0 Å². The summed E-state index contributed by atoms with van der Waals surface area (Å²) in [7, 11) is -3.66.